The first kappa shape index (κ1) is 74.2. The normalized spacial score (nSPS) is 17.0. The van der Waals surface area contributed by atoms with Crippen molar-refractivity contribution >= 4 is 75.6 Å². The van der Waals surface area contributed by atoms with Crippen LogP contribution in [0.3, 0.4) is 0 Å². The SMILES string of the molecule is O=C1NCCN2CCNC(=O)c3cccc(c3OCc3ccccc3)C(=O)NCCN(CCNC(=O)c3cccc1c3OCc1ccccc1)CCN(CCNC(=O)c1cccc(C(=O)N3CCSC3=S)c1OCc1ccccc1)CCNC(=O)c1cccc(c1OCc1ccccc1)C(=O)NCC2. The average molecular weight is 1440 g/mol. The van der Waals surface area contributed by atoms with Crippen LogP contribution in [0.15, 0.2) is 194 Å². The quantitative estimate of drug-likeness (QED) is 0.0432. The van der Waals surface area contributed by atoms with Gasteiger partial charge in [0.15, 0.2) is 0 Å². The number of hydrogen-bond donors (Lipinski definition) is 7. The average Bonchev–Trinajstić information content (AvgIpc) is 1.55. The number of benzene rings is 8. The highest BCUT2D eigenvalue weighted by Crippen LogP contribution is 2.32. The van der Waals surface area contributed by atoms with E-state index in [9.17, 15) is 38.4 Å². The summed E-state index contributed by atoms with van der Waals surface area (Å²) in [6.07, 6.45) is 0. The molecule has 7 N–H and O–H groups in total. The van der Waals surface area contributed by atoms with Gasteiger partial charge in [0.05, 0.1) is 44.5 Å². The maximum absolute atomic E-state index is 14.7. The number of thiocarbonyl (C=S) groups is 1. The van der Waals surface area contributed by atoms with Gasteiger partial charge < -0.3 is 56.2 Å². The van der Waals surface area contributed by atoms with E-state index in [0.29, 0.717) is 29.7 Å². The van der Waals surface area contributed by atoms with Gasteiger partial charge in [0, 0.05) is 117 Å². The van der Waals surface area contributed by atoms with E-state index in [1.54, 1.807) is 72.8 Å². The fraction of sp³-hybridized carbons (Fsp3) is 0.278. The molecule has 25 heteroatoms. The minimum absolute atomic E-state index is 0.0305. The zero-order valence-corrected chi connectivity index (χ0v) is 59.2. The van der Waals surface area contributed by atoms with Crippen molar-refractivity contribution < 1.29 is 57.3 Å². The van der Waals surface area contributed by atoms with Gasteiger partial charge in [-0.1, -0.05) is 170 Å². The summed E-state index contributed by atoms with van der Waals surface area (Å²) in [5, 5.41) is 21.3. The highest BCUT2D eigenvalue weighted by Gasteiger charge is 2.31. The molecule has 538 valence electrons. The Morgan fingerprint density at radius 1 is 0.365 bits per heavy atom. The Morgan fingerprint density at radius 2 is 0.683 bits per heavy atom. The van der Waals surface area contributed by atoms with Crippen LogP contribution in [0.5, 0.6) is 23.0 Å². The molecule has 8 aromatic rings. The van der Waals surface area contributed by atoms with Crippen LogP contribution in [0.25, 0.3) is 0 Å². The summed E-state index contributed by atoms with van der Waals surface area (Å²) in [7, 11) is 0. The van der Waals surface area contributed by atoms with Gasteiger partial charge in [-0.25, -0.2) is 0 Å². The second-order valence-corrected chi connectivity index (χ2v) is 26.4. The molecule has 0 atom stereocenters. The van der Waals surface area contributed by atoms with Crippen molar-refractivity contribution in [2.45, 2.75) is 26.4 Å². The zero-order chi connectivity index (χ0) is 72.4. The van der Waals surface area contributed by atoms with E-state index >= 15 is 0 Å². The lowest BCUT2D eigenvalue weighted by Gasteiger charge is -2.28. The molecule has 23 nitrogen and oxygen atoms in total. The molecule has 4 aliphatic rings. The van der Waals surface area contributed by atoms with E-state index in [1.165, 1.54) is 16.7 Å². The number of amides is 8. The molecule has 4 aliphatic heterocycles. The first-order valence-electron chi connectivity index (χ1n) is 34.7. The Morgan fingerprint density at radius 3 is 1.03 bits per heavy atom. The number of para-hydroxylation sites is 4. The molecule has 1 saturated heterocycles. The molecule has 0 spiro atoms. The number of rotatable bonds is 17. The molecular formula is C79H83N11O12S2. The molecule has 1 fully saturated rings. The summed E-state index contributed by atoms with van der Waals surface area (Å²) < 4.78 is 26.1. The van der Waals surface area contributed by atoms with Crippen molar-refractivity contribution in [3.63, 3.8) is 0 Å². The second-order valence-electron chi connectivity index (χ2n) is 24.7. The Hall–Kier alpha value is -11.0. The smallest absolute Gasteiger partial charge is 0.263 e. The molecule has 4 heterocycles. The maximum atomic E-state index is 14.7. The molecule has 0 unspecified atom stereocenters. The van der Waals surface area contributed by atoms with Crippen LogP contribution in [0.1, 0.15) is 105 Å². The van der Waals surface area contributed by atoms with Crippen LogP contribution in [0.2, 0.25) is 0 Å². The summed E-state index contributed by atoms with van der Waals surface area (Å²) in [4.78, 5) is 124. The molecule has 0 aliphatic carbocycles. The van der Waals surface area contributed by atoms with Crippen molar-refractivity contribution in [1.82, 2.24) is 56.8 Å². The molecule has 0 aromatic heterocycles. The predicted octanol–water partition coefficient (Wildman–Crippen LogP) is 7.62. The van der Waals surface area contributed by atoms with Gasteiger partial charge in [0.2, 0.25) is 0 Å². The standard InChI is InChI=1S/C79H83N11O12S2/c91-71-59-25-13-28-62(67(59)99-51-55-17-5-1-6-18-55)74(94)83-36-43-88-44-37-84-75(95)63-29-14-26-60(68(63)100-52-56-19-7-2-8-20-56)72(92)81-34-41-87(40-33-80-71)42-35-82-73(93)61-27-15-30-64(69(61)101-53-57-21-9-3-10-22-57)76(96)85-38-45-89(48-47-88)46-39-86-77(97)65-31-16-32-66(78(98)90-49-50-104-79(90)103)70(65)102-54-58-23-11-4-12-24-58/h1-32H,33-54H2,(H,80,91)(H,81,92)(H,82,93)(H,83,94)(H,84,95)(H,85,96)(H,86,97). The highest BCUT2D eigenvalue weighted by molar-refractivity contribution is 8.23. The molecule has 12 rings (SSSR count). The summed E-state index contributed by atoms with van der Waals surface area (Å²) >= 11 is 6.96. The predicted molar refractivity (Wildman–Crippen MR) is 401 cm³/mol. The summed E-state index contributed by atoms with van der Waals surface area (Å²) in [6, 6.07) is 56.8. The van der Waals surface area contributed by atoms with E-state index in [2.05, 4.69) is 37.2 Å². The van der Waals surface area contributed by atoms with Crippen LogP contribution >= 0.6 is 24.0 Å². The van der Waals surface area contributed by atoms with Crippen LogP contribution in [-0.4, -0.2) is 188 Å². The van der Waals surface area contributed by atoms with Gasteiger partial charge in [-0.3, -0.25) is 58.0 Å². The van der Waals surface area contributed by atoms with Crippen LogP contribution in [0.4, 0.5) is 0 Å². The van der Waals surface area contributed by atoms with Gasteiger partial charge in [0.1, 0.15) is 53.7 Å². The van der Waals surface area contributed by atoms with Crippen molar-refractivity contribution in [3.05, 3.63) is 261 Å². The van der Waals surface area contributed by atoms with Crippen LogP contribution in [0, 0.1) is 0 Å². The van der Waals surface area contributed by atoms with Crippen molar-refractivity contribution in [3.8, 4) is 23.0 Å². The number of thioether (sulfide) groups is 1. The second kappa shape index (κ2) is 37.8. The number of nitrogens with zero attached hydrogens (tertiary/aromatic N) is 4. The van der Waals surface area contributed by atoms with Gasteiger partial charge in [0.25, 0.3) is 47.3 Å². The monoisotopic (exact) mass is 1440 g/mol. The van der Waals surface area contributed by atoms with Crippen LogP contribution in [-0.2, 0) is 26.4 Å². The number of carbonyl (C=O) groups excluding carboxylic acids is 8. The lowest BCUT2D eigenvalue weighted by Crippen LogP contribution is -2.46. The van der Waals surface area contributed by atoms with Gasteiger partial charge in [-0.15, -0.1) is 0 Å². The third-order valence-corrected chi connectivity index (χ3v) is 19.1. The third kappa shape index (κ3) is 20.4. The minimum Gasteiger partial charge on any atom is -0.487 e. The third-order valence-electron chi connectivity index (χ3n) is 17.6. The van der Waals surface area contributed by atoms with E-state index in [4.69, 9.17) is 31.2 Å². The van der Waals surface area contributed by atoms with Crippen molar-refractivity contribution in [1.29, 1.82) is 0 Å². The van der Waals surface area contributed by atoms with Crippen molar-refractivity contribution in [2.75, 3.05) is 117 Å². The number of hydrogen-bond acceptors (Lipinski definition) is 17. The molecule has 104 heavy (non-hydrogen) atoms. The fourth-order valence-electron chi connectivity index (χ4n) is 12.1. The van der Waals surface area contributed by atoms with Gasteiger partial charge >= 0.3 is 0 Å². The topological polar surface area (TPSA) is 271 Å². The number of fused-ring (bicyclic) bond motifs is 21. The molecule has 8 aromatic carbocycles. The van der Waals surface area contributed by atoms with E-state index < -0.39 is 41.4 Å². The summed E-state index contributed by atoms with van der Waals surface area (Å²) in [5.74, 6) is -3.02. The maximum Gasteiger partial charge on any atom is 0.263 e. The lowest BCUT2D eigenvalue weighted by molar-refractivity contribution is 0.0852. The van der Waals surface area contributed by atoms with E-state index in [0.717, 1.165) is 22.3 Å². The van der Waals surface area contributed by atoms with Gasteiger partial charge in [-0.2, -0.15) is 0 Å². The number of carbonyl (C=O) groups is 8. The molecule has 8 bridgehead atoms. The van der Waals surface area contributed by atoms with E-state index in [-0.39, 0.29) is 191 Å². The Bertz CT molecular complexity index is 4200. The summed E-state index contributed by atoms with van der Waals surface area (Å²) in [6.45, 7) is 3.34. The Kier molecular flexibility index (Phi) is 27.0. The highest BCUT2D eigenvalue weighted by atomic mass is 32.2. The Labute approximate surface area is 613 Å². The summed E-state index contributed by atoms with van der Waals surface area (Å²) in [5.41, 5.74) is 4.24. The van der Waals surface area contributed by atoms with Gasteiger partial charge in [-0.05, 0) is 70.8 Å². The number of nitrogens with one attached hydrogen (secondary N) is 7. The Balaban J connectivity index is 0.935. The largest absolute Gasteiger partial charge is 0.487 e. The lowest BCUT2D eigenvalue weighted by atomic mass is 10.1. The fourth-order valence-corrected chi connectivity index (χ4v) is 13.3. The molecule has 0 saturated carbocycles. The first-order chi connectivity index (χ1) is 50.8. The van der Waals surface area contributed by atoms with Crippen molar-refractivity contribution in [2.24, 2.45) is 0 Å². The molecule has 0 radical (unpaired) electrons. The van der Waals surface area contributed by atoms with Crippen LogP contribution < -0.4 is 56.2 Å². The minimum atomic E-state index is -0.529. The zero-order valence-electron chi connectivity index (χ0n) is 57.5. The number of ether oxygens (including phenoxy) is 4. The molecule has 8 amide bonds. The molecular weight excluding hydrogens is 1360 g/mol. The van der Waals surface area contributed by atoms with E-state index in [1.807, 2.05) is 136 Å². The first-order valence-corrected chi connectivity index (χ1v) is 36.1.